The Morgan fingerprint density at radius 3 is 2.48 bits per heavy atom. The van der Waals surface area contributed by atoms with Crippen LogP contribution in [0.25, 0.3) is 0 Å². The first-order chi connectivity index (χ1) is 12.6. The average Bonchev–Trinajstić information content (AvgIpc) is 2.60. The van der Waals surface area contributed by atoms with Gasteiger partial charge in [0.2, 0.25) is 0 Å². The number of nitrogens with one attached hydrogen (secondary N) is 1. The normalized spacial score (nSPS) is 20.4. The van der Waals surface area contributed by atoms with Crippen molar-refractivity contribution in [1.29, 1.82) is 0 Å². The summed E-state index contributed by atoms with van der Waals surface area (Å²) in [5.41, 5.74) is 0.120. The fourth-order valence-corrected chi connectivity index (χ4v) is 3.22. The molecule has 0 aromatic heterocycles. The highest BCUT2D eigenvalue weighted by molar-refractivity contribution is 6.31. The van der Waals surface area contributed by atoms with Gasteiger partial charge in [0.15, 0.2) is 5.78 Å². The molecular weight excluding hydrogens is 373 g/mol. The van der Waals surface area contributed by atoms with Gasteiger partial charge in [0.05, 0.1) is 11.1 Å². The van der Waals surface area contributed by atoms with Crippen LogP contribution in [-0.2, 0) is 0 Å². The predicted octanol–water partition coefficient (Wildman–Crippen LogP) is 3.68. The largest absolute Gasteiger partial charge is 0.485 e. The maximum absolute atomic E-state index is 13.3. The van der Waals surface area contributed by atoms with Crippen LogP contribution in [0.4, 0.5) is 4.39 Å². The molecule has 27 heavy (non-hydrogen) atoms. The lowest BCUT2D eigenvalue weighted by Gasteiger charge is -2.42. The lowest BCUT2D eigenvalue weighted by Crippen LogP contribution is -2.53. The molecule has 0 radical (unpaired) electrons. The number of benzene rings is 2. The van der Waals surface area contributed by atoms with Gasteiger partial charge in [-0.3, -0.25) is 9.59 Å². The molecule has 7 heteroatoms. The molecule has 0 fully saturated rings. The van der Waals surface area contributed by atoms with Crippen LogP contribution in [0.5, 0.6) is 5.75 Å². The molecule has 2 aromatic carbocycles. The van der Waals surface area contributed by atoms with Gasteiger partial charge in [0, 0.05) is 16.7 Å². The van der Waals surface area contributed by atoms with Crippen LogP contribution < -0.4 is 10.1 Å². The van der Waals surface area contributed by atoms with Crippen molar-refractivity contribution in [2.45, 2.75) is 38.5 Å². The van der Waals surface area contributed by atoms with Gasteiger partial charge >= 0.3 is 0 Å². The lowest BCUT2D eigenvalue weighted by molar-refractivity contribution is -0.0627. The van der Waals surface area contributed by atoms with Crippen LogP contribution in [0.3, 0.4) is 0 Å². The summed E-state index contributed by atoms with van der Waals surface area (Å²) in [5.74, 6) is -0.833. The number of fused-ring (bicyclic) bond motifs is 1. The van der Waals surface area contributed by atoms with E-state index in [1.54, 1.807) is 32.0 Å². The zero-order chi connectivity index (χ0) is 19.9. The van der Waals surface area contributed by atoms with Gasteiger partial charge in [-0.2, -0.15) is 0 Å². The van der Waals surface area contributed by atoms with Crippen LogP contribution in [0.2, 0.25) is 5.02 Å². The Hall–Kier alpha value is -2.44. The van der Waals surface area contributed by atoms with Gasteiger partial charge in [-0.05, 0) is 57.2 Å². The summed E-state index contributed by atoms with van der Waals surface area (Å²) in [6, 6.07) is 7.68. The highest BCUT2D eigenvalue weighted by atomic mass is 35.5. The molecule has 0 spiro atoms. The number of amides is 1. The van der Waals surface area contributed by atoms with Crippen LogP contribution in [-0.4, -0.2) is 28.5 Å². The summed E-state index contributed by atoms with van der Waals surface area (Å²) >= 11 is 5.75. The Labute approximate surface area is 161 Å². The highest BCUT2D eigenvalue weighted by Gasteiger charge is 2.43. The second-order valence-corrected chi connectivity index (χ2v) is 7.45. The number of halogens is 2. The summed E-state index contributed by atoms with van der Waals surface area (Å²) in [5, 5.41) is 13.3. The Balaban J connectivity index is 2.00. The topological polar surface area (TPSA) is 75.6 Å². The van der Waals surface area contributed by atoms with Crippen molar-refractivity contribution in [3.63, 3.8) is 0 Å². The van der Waals surface area contributed by atoms with Crippen molar-refractivity contribution in [2.75, 3.05) is 0 Å². The fourth-order valence-electron chi connectivity index (χ4n) is 3.04. The van der Waals surface area contributed by atoms with E-state index < -0.39 is 29.5 Å². The molecule has 2 aromatic rings. The first-order valence-electron chi connectivity index (χ1n) is 8.38. The standard InChI is InChI=1S/C20H19ClFNO4/c1-10(24)11-5-7-16-13(8-11)17(18(25)20(2,3)27-16)23-19(26)12-4-6-15(22)14(21)9-12/h4-9,17-18,25H,1-3H3,(H,23,26)/t17-,18+/m1/s1. The molecule has 1 heterocycles. The molecule has 0 unspecified atom stereocenters. The van der Waals surface area contributed by atoms with E-state index in [-0.39, 0.29) is 16.4 Å². The third kappa shape index (κ3) is 3.68. The molecule has 1 amide bonds. The smallest absolute Gasteiger partial charge is 0.251 e. The third-order valence-corrected chi connectivity index (χ3v) is 4.91. The Morgan fingerprint density at radius 1 is 1.19 bits per heavy atom. The molecule has 0 saturated carbocycles. The molecule has 3 rings (SSSR count). The molecule has 0 saturated heterocycles. The van der Waals surface area contributed by atoms with E-state index in [2.05, 4.69) is 5.32 Å². The summed E-state index contributed by atoms with van der Waals surface area (Å²) in [7, 11) is 0. The van der Waals surface area contributed by atoms with Crippen molar-refractivity contribution >= 4 is 23.3 Å². The number of hydrogen-bond donors (Lipinski definition) is 2. The summed E-state index contributed by atoms with van der Waals surface area (Å²) in [6.07, 6.45) is -1.08. The molecule has 1 aliphatic heterocycles. The van der Waals surface area contributed by atoms with E-state index in [1.165, 1.54) is 19.1 Å². The van der Waals surface area contributed by atoms with Gasteiger partial charge in [-0.1, -0.05) is 11.6 Å². The number of ketones is 1. The summed E-state index contributed by atoms with van der Waals surface area (Å²) in [6.45, 7) is 4.83. The predicted molar refractivity (Wildman–Crippen MR) is 98.8 cm³/mol. The Kier molecular flexibility index (Phi) is 4.97. The number of carbonyl (C=O) groups is 2. The highest BCUT2D eigenvalue weighted by Crippen LogP contribution is 2.40. The molecule has 0 bridgehead atoms. The number of ether oxygens (including phenoxy) is 1. The molecule has 5 nitrogen and oxygen atoms in total. The van der Waals surface area contributed by atoms with E-state index in [0.29, 0.717) is 16.9 Å². The van der Waals surface area contributed by atoms with Crippen molar-refractivity contribution in [1.82, 2.24) is 5.32 Å². The number of aliphatic hydroxyl groups is 1. The van der Waals surface area contributed by atoms with Gasteiger partial charge < -0.3 is 15.2 Å². The van der Waals surface area contributed by atoms with Crippen LogP contribution in [0, 0.1) is 5.82 Å². The monoisotopic (exact) mass is 391 g/mol. The minimum atomic E-state index is -1.08. The van der Waals surface area contributed by atoms with E-state index in [0.717, 1.165) is 6.07 Å². The molecule has 0 aliphatic carbocycles. The van der Waals surface area contributed by atoms with Crippen molar-refractivity contribution < 1.29 is 23.8 Å². The minimum absolute atomic E-state index is 0.146. The van der Waals surface area contributed by atoms with Gasteiger partial charge in [-0.25, -0.2) is 4.39 Å². The summed E-state index contributed by atoms with van der Waals surface area (Å²) in [4.78, 5) is 24.4. The van der Waals surface area contributed by atoms with Crippen molar-refractivity contribution in [3.8, 4) is 5.75 Å². The van der Waals surface area contributed by atoms with Crippen LogP contribution >= 0.6 is 11.6 Å². The SMILES string of the molecule is CC(=O)c1ccc2c(c1)[C@@H](NC(=O)c1ccc(F)c(Cl)c1)[C@H](O)C(C)(C)O2. The van der Waals surface area contributed by atoms with Crippen LogP contribution in [0.15, 0.2) is 36.4 Å². The number of rotatable bonds is 3. The van der Waals surface area contributed by atoms with Crippen molar-refractivity contribution in [3.05, 3.63) is 63.9 Å². The third-order valence-electron chi connectivity index (χ3n) is 4.62. The van der Waals surface area contributed by atoms with Crippen LogP contribution in [0.1, 0.15) is 53.1 Å². The molecule has 1 aliphatic rings. The Bertz CT molecular complexity index is 928. The Morgan fingerprint density at radius 2 is 1.85 bits per heavy atom. The van der Waals surface area contributed by atoms with Gasteiger partial charge in [0.1, 0.15) is 23.3 Å². The molecule has 142 valence electrons. The van der Waals surface area contributed by atoms with Crippen molar-refractivity contribution in [2.24, 2.45) is 0 Å². The van der Waals surface area contributed by atoms with E-state index in [1.807, 2.05) is 0 Å². The maximum atomic E-state index is 13.3. The van der Waals surface area contributed by atoms with Gasteiger partial charge in [0.25, 0.3) is 5.91 Å². The fraction of sp³-hybridized carbons (Fsp3) is 0.300. The van der Waals surface area contributed by atoms with Gasteiger partial charge in [-0.15, -0.1) is 0 Å². The lowest BCUT2D eigenvalue weighted by atomic mass is 9.85. The first kappa shape index (κ1) is 19.3. The number of hydrogen-bond acceptors (Lipinski definition) is 4. The zero-order valence-electron chi connectivity index (χ0n) is 15.0. The maximum Gasteiger partial charge on any atom is 0.251 e. The van der Waals surface area contributed by atoms with E-state index >= 15 is 0 Å². The molecule has 2 N–H and O–H groups in total. The second kappa shape index (κ2) is 6.94. The molecule has 2 atom stereocenters. The number of Topliss-reactive ketones (excluding diaryl/α,β-unsaturated/α-hetero) is 1. The zero-order valence-corrected chi connectivity index (χ0v) is 15.8. The van der Waals surface area contributed by atoms with E-state index in [9.17, 15) is 19.1 Å². The average molecular weight is 392 g/mol. The molecular formula is C20H19ClFNO4. The number of aliphatic hydroxyl groups excluding tert-OH is 1. The first-order valence-corrected chi connectivity index (χ1v) is 8.76. The minimum Gasteiger partial charge on any atom is -0.485 e. The van der Waals surface area contributed by atoms with E-state index in [4.69, 9.17) is 16.3 Å². The quantitative estimate of drug-likeness (QED) is 0.782. The summed E-state index contributed by atoms with van der Waals surface area (Å²) < 4.78 is 19.2. The number of carbonyl (C=O) groups excluding carboxylic acids is 2. The second-order valence-electron chi connectivity index (χ2n) is 7.04.